The molecule has 1 atom stereocenters. The molecule has 5 nitrogen and oxygen atoms in total. The lowest BCUT2D eigenvalue weighted by Gasteiger charge is -2.33. The fraction of sp³-hybridized carbons (Fsp3) is 0.545. The average molecular weight is 367 g/mol. The maximum absolute atomic E-state index is 13.0. The molecule has 5 heteroatoms. The van der Waals surface area contributed by atoms with Crippen molar-refractivity contribution < 1.29 is 9.53 Å². The summed E-state index contributed by atoms with van der Waals surface area (Å²) in [6, 6.07) is 8.17. The summed E-state index contributed by atoms with van der Waals surface area (Å²) in [5.74, 6) is 0.653. The summed E-state index contributed by atoms with van der Waals surface area (Å²) in [5, 5.41) is 4.28. The minimum Gasteiger partial charge on any atom is -0.376 e. The van der Waals surface area contributed by atoms with Crippen LogP contribution in [-0.2, 0) is 11.3 Å². The van der Waals surface area contributed by atoms with Crippen LogP contribution in [0.5, 0.6) is 0 Å². The Hall–Kier alpha value is -2.14. The molecule has 2 amide bonds. The molecule has 1 saturated carbocycles. The molecule has 1 saturated heterocycles. The molecule has 144 valence electrons. The van der Waals surface area contributed by atoms with Gasteiger partial charge in [0.2, 0.25) is 0 Å². The number of amides is 2. The van der Waals surface area contributed by atoms with Gasteiger partial charge in [-0.3, -0.25) is 4.98 Å². The van der Waals surface area contributed by atoms with E-state index in [-0.39, 0.29) is 12.1 Å². The second-order valence-corrected chi connectivity index (χ2v) is 7.93. The molecule has 1 aromatic carbocycles. The van der Waals surface area contributed by atoms with Crippen molar-refractivity contribution in [1.29, 1.82) is 0 Å². The van der Waals surface area contributed by atoms with Gasteiger partial charge in [-0.25, -0.2) is 4.79 Å². The maximum Gasteiger partial charge on any atom is 0.317 e. The van der Waals surface area contributed by atoms with Crippen LogP contribution >= 0.6 is 0 Å². The third-order valence-electron chi connectivity index (χ3n) is 5.99. The van der Waals surface area contributed by atoms with E-state index >= 15 is 0 Å². The standard InChI is InChI=1S/C22H29N3O2/c1-16-9-10-21-19(8-3-11-23-21)20(16)13-24-22(26)25(14-17-5-2-6-17)15-18-7-4-12-27-18/h3,8-11,17-18H,2,4-7,12-15H2,1H3,(H,24,26)/t18-/m0/s1. The maximum atomic E-state index is 13.0. The van der Waals surface area contributed by atoms with Crippen molar-refractivity contribution >= 4 is 16.9 Å². The molecule has 2 aromatic rings. The highest BCUT2D eigenvalue weighted by Gasteiger charge is 2.27. The van der Waals surface area contributed by atoms with Crippen molar-refractivity contribution in [3.8, 4) is 0 Å². The van der Waals surface area contributed by atoms with Crippen molar-refractivity contribution in [3.63, 3.8) is 0 Å². The number of aromatic nitrogens is 1. The molecule has 0 unspecified atom stereocenters. The van der Waals surface area contributed by atoms with Gasteiger partial charge in [0.25, 0.3) is 0 Å². The van der Waals surface area contributed by atoms with Crippen molar-refractivity contribution in [2.24, 2.45) is 5.92 Å². The van der Waals surface area contributed by atoms with Crippen molar-refractivity contribution in [1.82, 2.24) is 15.2 Å². The van der Waals surface area contributed by atoms with Crippen LogP contribution in [0.3, 0.4) is 0 Å². The lowest BCUT2D eigenvalue weighted by Crippen LogP contribution is -2.46. The molecule has 1 aliphatic heterocycles. The number of fused-ring (bicyclic) bond motifs is 1. The second-order valence-electron chi connectivity index (χ2n) is 7.93. The molecule has 0 bridgehead atoms. The molecule has 1 N–H and O–H groups in total. The summed E-state index contributed by atoms with van der Waals surface area (Å²) in [6.07, 6.45) is 7.94. The summed E-state index contributed by atoms with van der Waals surface area (Å²) in [5.41, 5.74) is 3.30. The van der Waals surface area contributed by atoms with Gasteiger partial charge in [0.15, 0.2) is 0 Å². The van der Waals surface area contributed by atoms with Gasteiger partial charge in [0.05, 0.1) is 11.6 Å². The van der Waals surface area contributed by atoms with Crippen molar-refractivity contribution in [2.75, 3.05) is 19.7 Å². The van der Waals surface area contributed by atoms with Crippen LogP contribution in [0.15, 0.2) is 30.5 Å². The predicted molar refractivity (Wildman–Crippen MR) is 107 cm³/mol. The first-order valence-electron chi connectivity index (χ1n) is 10.2. The zero-order chi connectivity index (χ0) is 18.6. The van der Waals surface area contributed by atoms with Crippen LogP contribution in [0.2, 0.25) is 0 Å². The Balaban J connectivity index is 1.45. The molecular formula is C22H29N3O2. The summed E-state index contributed by atoms with van der Waals surface area (Å²) in [6.45, 7) is 5.00. The van der Waals surface area contributed by atoms with Crippen molar-refractivity contribution in [3.05, 3.63) is 41.6 Å². The SMILES string of the molecule is Cc1ccc2ncccc2c1CNC(=O)N(CC1CCC1)C[C@@H]1CCCO1. The molecule has 0 radical (unpaired) electrons. The number of carbonyl (C=O) groups excluding carboxylic acids is 1. The van der Waals surface area contributed by atoms with Crippen LogP contribution in [0.25, 0.3) is 10.9 Å². The average Bonchev–Trinajstić information content (AvgIpc) is 3.15. The van der Waals surface area contributed by atoms with Gasteiger partial charge in [-0.05, 0) is 61.8 Å². The molecule has 0 spiro atoms. The number of benzene rings is 1. The number of carbonyl (C=O) groups is 1. The Morgan fingerprint density at radius 2 is 2.11 bits per heavy atom. The number of hydrogen-bond acceptors (Lipinski definition) is 3. The number of hydrogen-bond donors (Lipinski definition) is 1. The highest BCUT2D eigenvalue weighted by atomic mass is 16.5. The zero-order valence-electron chi connectivity index (χ0n) is 16.1. The first-order chi connectivity index (χ1) is 13.2. The monoisotopic (exact) mass is 367 g/mol. The van der Waals surface area contributed by atoms with Crippen LogP contribution in [0.1, 0.15) is 43.2 Å². The van der Waals surface area contributed by atoms with E-state index in [1.165, 1.54) is 24.8 Å². The lowest BCUT2D eigenvalue weighted by molar-refractivity contribution is 0.0720. The fourth-order valence-electron chi connectivity index (χ4n) is 4.09. The number of ether oxygens (including phenoxy) is 1. The Morgan fingerprint density at radius 3 is 2.85 bits per heavy atom. The third-order valence-corrected chi connectivity index (χ3v) is 5.99. The topological polar surface area (TPSA) is 54.5 Å². The number of urea groups is 1. The summed E-state index contributed by atoms with van der Waals surface area (Å²) in [7, 11) is 0. The molecule has 2 fully saturated rings. The number of rotatable bonds is 6. The second kappa shape index (κ2) is 8.26. The normalized spacial score (nSPS) is 19.8. The van der Waals surface area contributed by atoms with E-state index in [4.69, 9.17) is 4.74 Å². The van der Waals surface area contributed by atoms with Gasteiger partial charge in [-0.2, -0.15) is 0 Å². The Kier molecular flexibility index (Phi) is 5.58. The Labute approximate surface area is 161 Å². The van der Waals surface area contributed by atoms with E-state index in [2.05, 4.69) is 29.4 Å². The Bertz CT molecular complexity index is 797. The molecule has 1 aromatic heterocycles. The van der Waals surface area contributed by atoms with Crippen molar-refractivity contribution in [2.45, 2.75) is 51.7 Å². The zero-order valence-corrected chi connectivity index (χ0v) is 16.1. The quantitative estimate of drug-likeness (QED) is 0.838. The molecular weight excluding hydrogens is 338 g/mol. The van der Waals surface area contributed by atoms with Gasteiger partial charge in [0.1, 0.15) is 0 Å². The fourth-order valence-corrected chi connectivity index (χ4v) is 4.09. The lowest BCUT2D eigenvalue weighted by atomic mass is 9.85. The van der Waals surface area contributed by atoms with E-state index in [1.807, 2.05) is 23.2 Å². The predicted octanol–water partition coefficient (Wildman–Crippen LogP) is 4.03. The van der Waals surface area contributed by atoms with Gasteiger partial charge < -0.3 is 15.0 Å². The number of nitrogens with one attached hydrogen (secondary N) is 1. The van der Waals surface area contributed by atoms with Gasteiger partial charge >= 0.3 is 6.03 Å². The van der Waals surface area contributed by atoms with E-state index in [0.717, 1.165) is 42.5 Å². The van der Waals surface area contributed by atoms with Crippen LogP contribution < -0.4 is 5.32 Å². The molecule has 1 aliphatic carbocycles. The summed E-state index contributed by atoms with van der Waals surface area (Å²) in [4.78, 5) is 19.4. The molecule has 27 heavy (non-hydrogen) atoms. The van der Waals surface area contributed by atoms with Crippen LogP contribution in [0, 0.1) is 12.8 Å². The molecule has 2 aliphatic rings. The van der Waals surface area contributed by atoms with Gasteiger partial charge in [-0.15, -0.1) is 0 Å². The largest absolute Gasteiger partial charge is 0.376 e. The van der Waals surface area contributed by atoms with Gasteiger partial charge in [0, 0.05) is 37.8 Å². The number of pyridine rings is 1. The first-order valence-corrected chi connectivity index (χ1v) is 10.2. The number of aryl methyl sites for hydroxylation is 1. The van der Waals surface area contributed by atoms with Gasteiger partial charge in [-0.1, -0.05) is 18.6 Å². The number of nitrogens with zero attached hydrogens (tertiary/aromatic N) is 2. The van der Waals surface area contributed by atoms with E-state index in [9.17, 15) is 4.79 Å². The highest BCUT2D eigenvalue weighted by Crippen LogP contribution is 2.28. The molecule has 4 rings (SSSR count). The summed E-state index contributed by atoms with van der Waals surface area (Å²) >= 11 is 0. The minimum absolute atomic E-state index is 0.0256. The van der Waals surface area contributed by atoms with E-state index in [0.29, 0.717) is 19.0 Å². The van der Waals surface area contributed by atoms with E-state index < -0.39 is 0 Å². The van der Waals surface area contributed by atoms with E-state index in [1.54, 1.807) is 0 Å². The summed E-state index contributed by atoms with van der Waals surface area (Å²) < 4.78 is 5.78. The smallest absolute Gasteiger partial charge is 0.317 e. The first kappa shape index (κ1) is 18.2. The Morgan fingerprint density at radius 1 is 1.22 bits per heavy atom. The van der Waals surface area contributed by atoms with Crippen LogP contribution in [-0.4, -0.2) is 41.7 Å². The third kappa shape index (κ3) is 4.24. The minimum atomic E-state index is 0.0256. The molecule has 2 heterocycles. The highest BCUT2D eigenvalue weighted by molar-refractivity contribution is 5.84. The van der Waals surface area contributed by atoms with Crippen LogP contribution in [0.4, 0.5) is 4.79 Å².